The third kappa shape index (κ3) is 3.63. The largest absolute Gasteiger partial charge is 0.441 e. The number of nitrogens with one attached hydrogen (secondary N) is 2. The average Bonchev–Trinajstić information content (AvgIpc) is 3.16. The number of benzene rings is 2. The van der Waals surface area contributed by atoms with Crippen molar-refractivity contribution in [1.82, 2.24) is 9.97 Å². The summed E-state index contributed by atoms with van der Waals surface area (Å²) >= 11 is 6.00. The van der Waals surface area contributed by atoms with Crippen LogP contribution in [-0.2, 0) is 11.2 Å². The molecule has 0 atom stereocenters. The molecule has 4 rings (SSSR count). The second-order valence-electron chi connectivity index (χ2n) is 5.98. The van der Waals surface area contributed by atoms with Gasteiger partial charge in [0.1, 0.15) is 5.76 Å². The standard InChI is InChI=1S/C19H14ClN3O4/c1-10-14(22-18(26-10)11-3-2-4-12(20)7-11)9-17(24)21-13-5-6-16-15(8-13)23-19(25)27-16/h2-8H,9H2,1H3,(H,21,24)(H,23,25). The zero-order valence-corrected chi connectivity index (χ0v) is 15.0. The summed E-state index contributed by atoms with van der Waals surface area (Å²) in [5, 5.41) is 3.35. The Morgan fingerprint density at radius 3 is 2.89 bits per heavy atom. The number of hydrogen-bond acceptors (Lipinski definition) is 5. The molecule has 0 radical (unpaired) electrons. The number of carbonyl (C=O) groups is 1. The molecule has 0 fully saturated rings. The number of H-pyrrole nitrogens is 1. The number of amides is 1. The lowest BCUT2D eigenvalue weighted by atomic mass is 10.2. The van der Waals surface area contributed by atoms with Gasteiger partial charge in [0.2, 0.25) is 11.8 Å². The van der Waals surface area contributed by atoms with Crippen molar-refractivity contribution in [1.29, 1.82) is 0 Å². The predicted molar refractivity (Wildman–Crippen MR) is 101 cm³/mol. The van der Waals surface area contributed by atoms with E-state index in [2.05, 4.69) is 15.3 Å². The van der Waals surface area contributed by atoms with E-state index < -0.39 is 5.76 Å². The number of hydrogen-bond donors (Lipinski definition) is 2. The van der Waals surface area contributed by atoms with Crippen molar-refractivity contribution in [3.63, 3.8) is 0 Å². The molecule has 2 aromatic carbocycles. The minimum atomic E-state index is -0.541. The van der Waals surface area contributed by atoms with Crippen molar-refractivity contribution in [3.05, 3.63) is 69.5 Å². The van der Waals surface area contributed by atoms with E-state index in [-0.39, 0.29) is 12.3 Å². The highest BCUT2D eigenvalue weighted by molar-refractivity contribution is 6.30. The Morgan fingerprint density at radius 1 is 1.22 bits per heavy atom. The van der Waals surface area contributed by atoms with Crippen molar-refractivity contribution in [2.45, 2.75) is 13.3 Å². The van der Waals surface area contributed by atoms with E-state index in [0.717, 1.165) is 5.56 Å². The zero-order valence-electron chi connectivity index (χ0n) is 14.2. The number of aryl methyl sites for hydroxylation is 1. The van der Waals surface area contributed by atoms with Crippen molar-refractivity contribution in [3.8, 4) is 11.5 Å². The van der Waals surface area contributed by atoms with E-state index in [0.29, 0.717) is 39.2 Å². The molecule has 0 aliphatic carbocycles. The quantitative estimate of drug-likeness (QED) is 0.556. The van der Waals surface area contributed by atoms with Crippen LogP contribution in [-0.4, -0.2) is 15.9 Å². The molecule has 2 aromatic heterocycles. The normalized spacial score (nSPS) is 11.0. The molecule has 0 saturated heterocycles. The van der Waals surface area contributed by atoms with Crippen LogP contribution in [0.4, 0.5) is 5.69 Å². The number of aromatic amines is 1. The minimum absolute atomic E-state index is 0.0514. The highest BCUT2D eigenvalue weighted by Gasteiger charge is 2.15. The van der Waals surface area contributed by atoms with E-state index in [1.54, 1.807) is 43.3 Å². The first kappa shape index (κ1) is 17.1. The number of anilines is 1. The molecule has 27 heavy (non-hydrogen) atoms. The Balaban J connectivity index is 1.51. The monoisotopic (exact) mass is 383 g/mol. The fraction of sp³-hybridized carbons (Fsp3) is 0.105. The number of halogens is 1. The van der Waals surface area contributed by atoms with E-state index in [1.807, 2.05) is 6.07 Å². The summed E-state index contributed by atoms with van der Waals surface area (Å²) in [6, 6.07) is 12.1. The average molecular weight is 384 g/mol. The minimum Gasteiger partial charge on any atom is -0.441 e. The summed E-state index contributed by atoms with van der Waals surface area (Å²) in [6.07, 6.45) is 0.0514. The Morgan fingerprint density at radius 2 is 2.07 bits per heavy atom. The lowest BCUT2D eigenvalue weighted by molar-refractivity contribution is -0.115. The van der Waals surface area contributed by atoms with Crippen molar-refractivity contribution in [2.75, 3.05) is 5.32 Å². The van der Waals surface area contributed by atoms with Crippen molar-refractivity contribution < 1.29 is 13.6 Å². The topological polar surface area (TPSA) is 101 Å². The molecule has 2 N–H and O–H groups in total. The van der Waals surface area contributed by atoms with Gasteiger partial charge in [-0.25, -0.2) is 9.78 Å². The molecular formula is C19H14ClN3O4. The lowest BCUT2D eigenvalue weighted by Crippen LogP contribution is -2.15. The van der Waals surface area contributed by atoms with Gasteiger partial charge in [-0.15, -0.1) is 0 Å². The van der Waals surface area contributed by atoms with Crippen LogP contribution in [0.2, 0.25) is 5.02 Å². The van der Waals surface area contributed by atoms with Crippen LogP contribution in [0.3, 0.4) is 0 Å². The third-order valence-electron chi connectivity index (χ3n) is 3.99. The Kier molecular flexibility index (Phi) is 4.29. The Hall–Kier alpha value is -3.32. The van der Waals surface area contributed by atoms with Gasteiger partial charge in [-0.3, -0.25) is 9.78 Å². The number of aromatic nitrogens is 2. The molecular weight excluding hydrogens is 370 g/mol. The van der Waals surface area contributed by atoms with Gasteiger partial charge in [-0.2, -0.15) is 0 Å². The van der Waals surface area contributed by atoms with Gasteiger partial charge >= 0.3 is 5.76 Å². The summed E-state index contributed by atoms with van der Waals surface area (Å²) in [4.78, 5) is 30.5. The van der Waals surface area contributed by atoms with E-state index in [4.69, 9.17) is 20.4 Å². The molecule has 1 amide bonds. The van der Waals surface area contributed by atoms with Gasteiger partial charge in [-0.05, 0) is 43.3 Å². The molecule has 0 bridgehead atoms. The van der Waals surface area contributed by atoms with Crippen molar-refractivity contribution in [2.24, 2.45) is 0 Å². The number of rotatable bonds is 4. The van der Waals surface area contributed by atoms with Crippen LogP contribution >= 0.6 is 11.6 Å². The maximum atomic E-state index is 12.4. The van der Waals surface area contributed by atoms with E-state index >= 15 is 0 Å². The van der Waals surface area contributed by atoms with Crippen LogP contribution < -0.4 is 11.1 Å². The maximum Gasteiger partial charge on any atom is 0.417 e. The van der Waals surface area contributed by atoms with Gasteiger partial charge in [0.05, 0.1) is 17.6 Å². The van der Waals surface area contributed by atoms with Crippen LogP contribution in [0.1, 0.15) is 11.5 Å². The first-order chi connectivity index (χ1) is 13.0. The Bertz CT molecular complexity index is 1210. The summed E-state index contributed by atoms with van der Waals surface area (Å²) in [7, 11) is 0. The smallest absolute Gasteiger partial charge is 0.417 e. The molecule has 0 aliphatic heterocycles. The second kappa shape index (κ2) is 6.77. The van der Waals surface area contributed by atoms with Crippen LogP contribution in [0, 0.1) is 6.92 Å². The number of carbonyl (C=O) groups excluding carboxylic acids is 1. The van der Waals surface area contributed by atoms with Crippen LogP contribution in [0.5, 0.6) is 0 Å². The highest BCUT2D eigenvalue weighted by Crippen LogP contribution is 2.25. The maximum absolute atomic E-state index is 12.4. The SMILES string of the molecule is Cc1oc(-c2cccc(Cl)c2)nc1CC(=O)Nc1ccc2oc(=O)[nH]c2c1. The molecule has 0 spiro atoms. The fourth-order valence-corrected chi connectivity index (χ4v) is 2.91. The first-order valence-corrected chi connectivity index (χ1v) is 8.51. The number of nitrogens with zero attached hydrogens (tertiary/aromatic N) is 1. The second-order valence-corrected chi connectivity index (χ2v) is 6.42. The van der Waals surface area contributed by atoms with Crippen LogP contribution in [0.25, 0.3) is 22.6 Å². The summed E-state index contributed by atoms with van der Waals surface area (Å²) < 4.78 is 10.6. The molecule has 7 nitrogen and oxygen atoms in total. The summed E-state index contributed by atoms with van der Waals surface area (Å²) in [5.41, 5.74) is 2.77. The van der Waals surface area contributed by atoms with Gasteiger partial charge in [-0.1, -0.05) is 17.7 Å². The van der Waals surface area contributed by atoms with Gasteiger partial charge in [0.25, 0.3) is 0 Å². The first-order valence-electron chi connectivity index (χ1n) is 8.13. The zero-order chi connectivity index (χ0) is 19.0. The summed E-state index contributed by atoms with van der Waals surface area (Å²) in [6.45, 7) is 1.76. The van der Waals surface area contributed by atoms with Gasteiger partial charge in [0, 0.05) is 16.3 Å². The molecule has 0 saturated carbocycles. The number of oxazole rings is 2. The van der Waals surface area contributed by atoms with Crippen molar-refractivity contribution >= 4 is 34.3 Å². The molecule has 8 heteroatoms. The third-order valence-corrected chi connectivity index (χ3v) is 4.23. The lowest BCUT2D eigenvalue weighted by Gasteiger charge is -2.03. The molecule has 2 heterocycles. The van der Waals surface area contributed by atoms with Crippen LogP contribution in [0.15, 0.2) is 56.1 Å². The highest BCUT2D eigenvalue weighted by atomic mass is 35.5. The van der Waals surface area contributed by atoms with Gasteiger partial charge in [0.15, 0.2) is 5.58 Å². The predicted octanol–water partition coefficient (Wildman–Crippen LogP) is 3.92. The van der Waals surface area contributed by atoms with Gasteiger partial charge < -0.3 is 14.2 Å². The molecule has 0 unspecified atom stereocenters. The molecule has 0 aliphatic rings. The number of fused-ring (bicyclic) bond motifs is 1. The molecule has 4 aromatic rings. The van der Waals surface area contributed by atoms with E-state index in [9.17, 15) is 9.59 Å². The molecule has 136 valence electrons. The fourth-order valence-electron chi connectivity index (χ4n) is 2.72. The Labute approximate surface area is 158 Å². The van der Waals surface area contributed by atoms with E-state index in [1.165, 1.54) is 0 Å². The summed E-state index contributed by atoms with van der Waals surface area (Å²) in [5.74, 6) is 0.180.